The van der Waals surface area contributed by atoms with Crippen molar-refractivity contribution in [3.8, 4) is 0 Å². The number of nitrogens with one attached hydrogen (secondary N) is 1. The molecule has 20 heavy (non-hydrogen) atoms. The lowest BCUT2D eigenvalue weighted by Crippen LogP contribution is -2.43. The van der Waals surface area contributed by atoms with Crippen LogP contribution in [0.25, 0.3) is 0 Å². The van der Waals surface area contributed by atoms with Crippen molar-refractivity contribution in [3.05, 3.63) is 0 Å². The van der Waals surface area contributed by atoms with Gasteiger partial charge >= 0.3 is 0 Å². The molecule has 0 aliphatic carbocycles. The van der Waals surface area contributed by atoms with Gasteiger partial charge in [-0.2, -0.15) is 11.8 Å². The Morgan fingerprint density at radius 3 is 2.75 bits per heavy atom. The smallest absolute Gasteiger partial charge is 0.0700 e. The fourth-order valence-electron chi connectivity index (χ4n) is 3.89. The van der Waals surface area contributed by atoms with Crippen molar-refractivity contribution in [2.45, 2.75) is 76.9 Å². The highest BCUT2D eigenvalue weighted by Crippen LogP contribution is 2.41. The van der Waals surface area contributed by atoms with Gasteiger partial charge in [-0.3, -0.25) is 0 Å². The Hall–Kier alpha value is 0.270. The first kappa shape index (κ1) is 16.6. The molecule has 2 saturated heterocycles. The van der Waals surface area contributed by atoms with Crippen LogP contribution in [0.15, 0.2) is 0 Å². The van der Waals surface area contributed by atoms with Crippen LogP contribution >= 0.6 is 11.8 Å². The maximum absolute atomic E-state index is 6.21. The Morgan fingerprint density at radius 2 is 2.05 bits per heavy atom. The predicted molar refractivity (Wildman–Crippen MR) is 89.6 cm³/mol. The van der Waals surface area contributed by atoms with E-state index in [1.165, 1.54) is 62.9 Å². The summed E-state index contributed by atoms with van der Waals surface area (Å²) in [5, 5.41) is 3.66. The number of hydrogen-bond donors (Lipinski definition) is 1. The number of thioether (sulfide) groups is 1. The third-order valence-electron chi connectivity index (χ3n) is 5.05. The van der Waals surface area contributed by atoms with Gasteiger partial charge in [-0.15, -0.1) is 0 Å². The fraction of sp³-hybridized carbons (Fsp3) is 1.00. The van der Waals surface area contributed by atoms with Crippen molar-refractivity contribution in [1.29, 1.82) is 0 Å². The van der Waals surface area contributed by atoms with Gasteiger partial charge in [0.2, 0.25) is 0 Å². The molecule has 2 nitrogen and oxygen atoms in total. The normalized spacial score (nSPS) is 27.6. The summed E-state index contributed by atoms with van der Waals surface area (Å²) in [6, 6.07) is 0.741. The molecule has 2 heterocycles. The van der Waals surface area contributed by atoms with Crippen LogP contribution in [-0.2, 0) is 4.74 Å². The van der Waals surface area contributed by atoms with Crippen LogP contribution < -0.4 is 5.32 Å². The molecule has 0 amide bonds. The maximum atomic E-state index is 6.21. The summed E-state index contributed by atoms with van der Waals surface area (Å²) in [5.74, 6) is 3.52. The quantitative estimate of drug-likeness (QED) is 0.760. The van der Waals surface area contributed by atoms with Crippen molar-refractivity contribution < 1.29 is 4.74 Å². The van der Waals surface area contributed by atoms with Gasteiger partial charge in [0.25, 0.3) is 0 Å². The van der Waals surface area contributed by atoms with E-state index in [0.29, 0.717) is 0 Å². The standard InChI is InChI=1S/C17H33NOS/c1-3-5-16(18-4-2)7-6-15-8-11-19-17(14-15)9-12-20-13-10-17/h15-16,18H,3-14H2,1-2H3. The van der Waals surface area contributed by atoms with Gasteiger partial charge in [0.05, 0.1) is 5.60 Å². The summed E-state index contributed by atoms with van der Waals surface area (Å²) >= 11 is 2.11. The van der Waals surface area contributed by atoms with Gasteiger partial charge in [-0.05, 0) is 68.9 Å². The molecular formula is C17H33NOS. The van der Waals surface area contributed by atoms with E-state index < -0.39 is 0 Å². The highest BCUT2D eigenvalue weighted by Gasteiger charge is 2.38. The van der Waals surface area contributed by atoms with Crippen molar-refractivity contribution in [2.24, 2.45) is 5.92 Å². The average Bonchev–Trinajstić information content (AvgIpc) is 2.46. The van der Waals surface area contributed by atoms with E-state index in [1.807, 2.05) is 0 Å². The van der Waals surface area contributed by atoms with E-state index in [1.54, 1.807) is 0 Å². The molecule has 0 radical (unpaired) electrons. The molecule has 0 bridgehead atoms. The number of hydrogen-bond acceptors (Lipinski definition) is 3. The highest BCUT2D eigenvalue weighted by atomic mass is 32.2. The maximum Gasteiger partial charge on any atom is 0.0700 e. The molecular weight excluding hydrogens is 266 g/mol. The molecule has 118 valence electrons. The minimum atomic E-state index is 0.270. The average molecular weight is 300 g/mol. The minimum Gasteiger partial charge on any atom is -0.375 e. The Kier molecular flexibility index (Phi) is 7.20. The first-order valence-electron chi connectivity index (χ1n) is 8.73. The molecule has 2 aliphatic heterocycles. The molecule has 0 aromatic carbocycles. The van der Waals surface area contributed by atoms with Gasteiger partial charge in [-0.25, -0.2) is 0 Å². The molecule has 1 N–H and O–H groups in total. The molecule has 2 unspecified atom stereocenters. The summed E-state index contributed by atoms with van der Waals surface area (Å²) in [7, 11) is 0. The molecule has 2 rings (SSSR count). The van der Waals surface area contributed by atoms with E-state index in [4.69, 9.17) is 4.74 Å². The van der Waals surface area contributed by atoms with Gasteiger partial charge in [0, 0.05) is 12.6 Å². The lowest BCUT2D eigenvalue weighted by atomic mass is 9.79. The zero-order valence-electron chi connectivity index (χ0n) is 13.5. The van der Waals surface area contributed by atoms with Gasteiger partial charge in [0.1, 0.15) is 0 Å². The largest absolute Gasteiger partial charge is 0.375 e. The van der Waals surface area contributed by atoms with Crippen LogP contribution in [0.5, 0.6) is 0 Å². The second-order valence-electron chi connectivity index (χ2n) is 6.62. The number of rotatable bonds is 7. The zero-order valence-corrected chi connectivity index (χ0v) is 14.3. The van der Waals surface area contributed by atoms with Crippen molar-refractivity contribution in [2.75, 3.05) is 24.7 Å². The lowest BCUT2D eigenvalue weighted by Gasteiger charge is -2.43. The first-order valence-corrected chi connectivity index (χ1v) is 9.88. The van der Waals surface area contributed by atoms with E-state index >= 15 is 0 Å². The van der Waals surface area contributed by atoms with Crippen LogP contribution in [0.2, 0.25) is 0 Å². The second kappa shape index (κ2) is 8.65. The summed E-state index contributed by atoms with van der Waals surface area (Å²) in [5.41, 5.74) is 0.270. The molecule has 0 aromatic heterocycles. The monoisotopic (exact) mass is 299 g/mol. The molecule has 0 saturated carbocycles. The summed E-state index contributed by atoms with van der Waals surface area (Å²) in [6.07, 6.45) is 10.6. The molecule has 2 aliphatic rings. The lowest BCUT2D eigenvalue weighted by molar-refractivity contribution is -0.103. The van der Waals surface area contributed by atoms with E-state index in [0.717, 1.165) is 25.1 Å². The Balaban J connectivity index is 1.77. The molecule has 2 atom stereocenters. The van der Waals surface area contributed by atoms with Crippen LogP contribution in [0.1, 0.15) is 65.2 Å². The van der Waals surface area contributed by atoms with Crippen LogP contribution in [0.4, 0.5) is 0 Å². The van der Waals surface area contributed by atoms with Gasteiger partial charge < -0.3 is 10.1 Å². The fourth-order valence-corrected chi connectivity index (χ4v) is 5.13. The van der Waals surface area contributed by atoms with Gasteiger partial charge in [-0.1, -0.05) is 20.3 Å². The topological polar surface area (TPSA) is 21.3 Å². The minimum absolute atomic E-state index is 0.270. The first-order chi connectivity index (χ1) is 9.78. The van der Waals surface area contributed by atoms with E-state index in [-0.39, 0.29) is 5.60 Å². The van der Waals surface area contributed by atoms with Crippen molar-refractivity contribution in [1.82, 2.24) is 5.32 Å². The summed E-state index contributed by atoms with van der Waals surface area (Å²) in [6.45, 7) is 6.65. The van der Waals surface area contributed by atoms with Crippen molar-refractivity contribution >= 4 is 11.8 Å². The summed E-state index contributed by atoms with van der Waals surface area (Å²) < 4.78 is 6.21. The third kappa shape index (κ3) is 4.92. The Bertz CT molecular complexity index is 254. The third-order valence-corrected chi connectivity index (χ3v) is 6.04. The second-order valence-corrected chi connectivity index (χ2v) is 7.85. The van der Waals surface area contributed by atoms with E-state index in [2.05, 4.69) is 30.9 Å². The number of ether oxygens (including phenoxy) is 1. The Morgan fingerprint density at radius 1 is 1.25 bits per heavy atom. The van der Waals surface area contributed by atoms with Gasteiger partial charge in [0.15, 0.2) is 0 Å². The van der Waals surface area contributed by atoms with Crippen molar-refractivity contribution in [3.63, 3.8) is 0 Å². The van der Waals surface area contributed by atoms with Crippen LogP contribution in [-0.4, -0.2) is 36.3 Å². The van der Waals surface area contributed by atoms with E-state index in [9.17, 15) is 0 Å². The van der Waals surface area contributed by atoms with Crippen LogP contribution in [0, 0.1) is 5.92 Å². The van der Waals surface area contributed by atoms with Crippen LogP contribution in [0.3, 0.4) is 0 Å². The predicted octanol–water partition coefficient (Wildman–Crippen LogP) is 4.24. The zero-order chi connectivity index (χ0) is 14.3. The molecule has 3 heteroatoms. The molecule has 0 aromatic rings. The molecule has 2 fully saturated rings. The SMILES string of the molecule is CCCC(CCC1CCOC2(CCSCC2)C1)NCC. The summed E-state index contributed by atoms with van der Waals surface area (Å²) in [4.78, 5) is 0. The molecule has 1 spiro atoms. The Labute approximate surface area is 129 Å². The highest BCUT2D eigenvalue weighted by molar-refractivity contribution is 7.99.